The molecule has 24 heteroatoms. The summed E-state index contributed by atoms with van der Waals surface area (Å²) in [6.45, 7) is 14.6. The van der Waals surface area contributed by atoms with Crippen molar-refractivity contribution in [3.8, 4) is 22.5 Å². The van der Waals surface area contributed by atoms with Gasteiger partial charge in [0, 0.05) is 90.1 Å². The molecule has 1 saturated heterocycles. The molecule has 5 aromatic rings. The Labute approximate surface area is 515 Å². The molecule has 21 nitrogen and oxygen atoms in total. The van der Waals surface area contributed by atoms with Crippen molar-refractivity contribution in [3.63, 3.8) is 0 Å². The van der Waals surface area contributed by atoms with Gasteiger partial charge in [-0.15, -0.1) is 11.3 Å². The lowest BCUT2D eigenvalue weighted by atomic mass is 9.93. The molecule has 3 aliphatic rings. The normalized spacial score (nSPS) is 14.1. The zero-order valence-electron chi connectivity index (χ0n) is 51.1. The zero-order valence-corrected chi connectivity index (χ0v) is 53.5. The number of amides is 3. The molecular weight excluding hydrogens is 1160 g/mol. The van der Waals surface area contributed by atoms with Crippen LogP contribution in [-0.4, -0.2) is 137 Å². The first-order valence-corrected chi connectivity index (χ1v) is 34.0. The third-order valence-electron chi connectivity index (χ3n) is 16.4. The van der Waals surface area contributed by atoms with Gasteiger partial charge < -0.3 is 44.6 Å². The van der Waals surface area contributed by atoms with Gasteiger partial charge in [0.1, 0.15) is 65.1 Å². The minimum Gasteiger partial charge on any atom is -0.744 e. The number of likely N-dealkylation sites (tertiary alicyclic amines) is 1. The topological polar surface area (TPSA) is 263 Å². The van der Waals surface area contributed by atoms with Gasteiger partial charge >= 0.3 is 0 Å². The Bertz CT molecular complexity index is 3840. The number of sulfonamides is 1. The molecule has 87 heavy (non-hydrogen) atoms. The molecule has 3 amide bonds. The van der Waals surface area contributed by atoms with Crippen LogP contribution in [0.2, 0.25) is 0 Å². The van der Waals surface area contributed by atoms with E-state index in [1.54, 1.807) is 17.0 Å². The molecule has 0 radical (unpaired) electrons. The maximum absolute atomic E-state index is 14.4. The molecule has 1 fully saturated rings. The maximum atomic E-state index is 14.4. The Balaban J connectivity index is 0.894. The van der Waals surface area contributed by atoms with Crippen LogP contribution >= 0.6 is 11.3 Å². The van der Waals surface area contributed by atoms with E-state index in [2.05, 4.69) is 59.5 Å². The van der Waals surface area contributed by atoms with Crippen LogP contribution in [-0.2, 0) is 68.0 Å². The number of aromatic nitrogens is 3. The van der Waals surface area contributed by atoms with E-state index in [1.807, 2.05) is 111 Å². The number of carbonyl (C=O) groups excluding carboxylic acids is 3. The van der Waals surface area contributed by atoms with Gasteiger partial charge in [-0.25, -0.2) is 35.3 Å². The van der Waals surface area contributed by atoms with E-state index in [0.29, 0.717) is 83.7 Å². The van der Waals surface area contributed by atoms with E-state index in [1.165, 1.54) is 23.5 Å². The number of nitrogens with one attached hydrogen (secondary N) is 6. The van der Waals surface area contributed by atoms with Gasteiger partial charge in [-0.05, 0) is 142 Å². The van der Waals surface area contributed by atoms with Crippen LogP contribution < -0.4 is 50.2 Å². The highest BCUT2D eigenvalue weighted by Crippen LogP contribution is 2.43. The van der Waals surface area contributed by atoms with Crippen LogP contribution in [0.4, 0.5) is 5.69 Å². The quantitative estimate of drug-likeness (QED) is 0.0154. The summed E-state index contributed by atoms with van der Waals surface area (Å²) >= 11 is 1.21. The fraction of sp³-hybridized carbons (Fsp3) is 0.460. The second kappa shape index (κ2) is 30.2. The minimum absolute atomic E-state index is 0.0367. The summed E-state index contributed by atoms with van der Waals surface area (Å²) in [5, 5.41) is 23.9. The van der Waals surface area contributed by atoms with Crippen LogP contribution in [0.1, 0.15) is 89.6 Å². The highest BCUT2D eigenvalue weighted by atomic mass is 32.2. The second-order valence-electron chi connectivity index (χ2n) is 22.4. The van der Waals surface area contributed by atoms with E-state index in [9.17, 15) is 35.8 Å². The average Bonchev–Trinajstić information content (AvgIpc) is 1.69. The lowest BCUT2D eigenvalue weighted by molar-refractivity contribution is -0.688. The fourth-order valence-corrected chi connectivity index (χ4v) is 13.9. The number of nitrogens with zero attached hydrogens (tertiary/aromatic N) is 6. The molecule has 2 atom stereocenters. The number of piperidine rings is 1. The Morgan fingerprint density at radius 3 is 2.20 bits per heavy atom. The van der Waals surface area contributed by atoms with Gasteiger partial charge in [0.2, 0.25) is 39.4 Å². The number of aryl methyl sites for hydroxylation is 1. The van der Waals surface area contributed by atoms with Crippen LogP contribution in [0, 0.1) is 5.41 Å². The molecule has 1 aliphatic carbocycles. The molecule has 0 saturated carbocycles. The van der Waals surface area contributed by atoms with E-state index < -0.39 is 43.0 Å². The maximum Gasteiger partial charge on any atom is 0.244 e. The average molecular weight is 1250 g/mol. The molecule has 3 aromatic carbocycles. The van der Waals surface area contributed by atoms with Gasteiger partial charge in [0.05, 0.1) is 29.3 Å². The Morgan fingerprint density at radius 1 is 0.816 bits per heavy atom. The third kappa shape index (κ3) is 17.2. The van der Waals surface area contributed by atoms with Crippen molar-refractivity contribution < 1.29 is 44.8 Å². The third-order valence-corrected chi connectivity index (χ3v) is 19.6. The van der Waals surface area contributed by atoms with Crippen molar-refractivity contribution in [1.29, 1.82) is 5.41 Å². The number of unbranched alkanes of at least 4 members (excludes halogenated alkanes) is 2. The van der Waals surface area contributed by atoms with E-state index in [4.69, 9.17) is 9.83 Å². The molecular formula is C63H85N12O9S3+. The van der Waals surface area contributed by atoms with Gasteiger partial charge in [-0.1, -0.05) is 36.4 Å². The summed E-state index contributed by atoms with van der Waals surface area (Å²) in [6, 6.07) is 23.1. The summed E-state index contributed by atoms with van der Waals surface area (Å²) in [6.07, 6.45) is 8.18. The van der Waals surface area contributed by atoms with Crippen molar-refractivity contribution >= 4 is 65.9 Å². The van der Waals surface area contributed by atoms with E-state index in [-0.39, 0.29) is 54.1 Å². The Hall–Kier alpha value is -7.06. The lowest BCUT2D eigenvalue weighted by Gasteiger charge is -2.31. The SMILES string of the molecule is CCN(CC)c1ccc2c(-c3ccc(S(=O)(=O)NCCCCNCCCC[C@H](NC(=O)Cc4csc(=N)n4C)C(=O)N[C@@H](Cc4c[n+](Cc5ccccc5)cn4C)C(=O)NC4CCN(C)CC4)cc3S(=O)(=O)[O-])c3ccc(=[N+](CC)CC)cc-3oc2c1. The van der Waals surface area contributed by atoms with Crippen LogP contribution in [0.5, 0.6) is 0 Å². The smallest absolute Gasteiger partial charge is 0.244 e. The lowest BCUT2D eigenvalue weighted by Crippen LogP contribution is -2.56. The first kappa shape index (κ1) is 65.9. The van der Waals surface area contributed by atoms with Crippen molar-refractivity contribution in [3.05, 3.63) is 130 Å². The minimum atomic E-state index is -5.22. The van der Waals surface area contributed by atoms with E-state index >= 15 is 0 Å². The van der Waals surface area contributed by atoms with Crippen molar-refractivity contribution in [2.24, 2.45) is 14.1 Å². The summed E-state index contributed by atoms with van der Waals surface area (Å²) in [5.74, 6) is -0.681. The van der Waals surface area contributed by atoms with Gasteiger partial charge in [-0.3, -0.25) is 19.8 Å². The van der Waals surface area contributed by atoms with E-state index in [0.717, 1.165) is 80.5 Å². The summed E-state index contributed by atoms with van der Waals surface area (Å²) in [5.41, 5.74) is 5.02. The van der Waals surface area contributed by atoms with Crippen LogP contribution in [0.15, 0.2) is 117 Å². The van der Waals surface area contributed by atoms with Gasteiger partial charge in [-0.2, -0.15) is 0 Å². The first-order chi connectivity index (χ1) is 41.7. The number of benzene rings is 4. The monoisotopic (exact) mass is 1250 g/mol. The number of imidazole rings is 1. The molecule has 6 N–H and O–H groups in total. The summed E-state index contributed by atoms with van der Waals surface area (Å²) < 4.78 is 84.0. The number of hydrogen-bond donors (Lipinski definition) is 6. The molecule has 8 rings (SSSR count). The predicted molar refractivity (Wildman–Crippen MR) is 338 cm³/mol. The molecule has 2 aliphatic heterocycles. The van der Waals surface area contributed by atoms with Crippen LogP contribution in [0.25, 0.3) is 33.4 Å². The number of thiazole rings is 1. The number of rotatable bonds is 30. The van der Waals surface area contributed by atoms with Gasteiger partial charge in [0.15, 0.2) is 4.80 Å². The molecule has 0 unspecified atom stereocenters. The molecule has 4 heterocycles. The first-order valence-electron chi connectivity index (χ1n) is 30.2. The standard InChI is InChI=1S/C63H84N12O9S3/c1-8-74(9-2)46-22-25-51-56(36-46)84-57-37-47(75(10-3)11-4)23-26-52(57)60(51)53-27-24-50(39-58(53)87(81,82)83)86(79,80)66-32-18-17-31-65-30-16-15-21-54(68-59(76)38-49-42-85-63(64)72(49)7)61(77)69-55(62(78)67-45-28-33-70(5)34-29-45)35-48-41-73(43-71(48)6)40-44-19-13-12-14-20-44/h12-14,19-20,22-27,36-37,39,41-43,45,54-55,64-66H,8-11,15-18,21,28-35,38,40H2,1-7H3,(H2-2,67,68,69,76,77,78,81,82,83)/p+1/t54-,55-/m0/s1. The summed E-state index contributed by atoms with van der Waals surface area (Å²) in [7, 11) is -3.81. The fourth-order valence-electron chi connectivity index (χ4n) is 11.3. The summed E-state index contributed by atoms with van der Waals surface area (Å²) in [4.78, 5) is 45.9. The van der Waals surface area contributed by atoms with Crippen molar-refractivity contribution in [1.82, 2.24) is 44.6 Å². The number of fused-ring (bicyclic) bond motifs is 2. The highest BCUT2D eigenvalue weighted by molar-refractivity contribution is 7.89. The molecule has 0 bridgehead atoms. The Morgan fingerprint density at radius 2 is 1.52 bits per heavy atom. The molecule has 2 aromatic heterocycles. The number of hydrogen-bond acceptors (Lipinski definition) is 14. The second-order valence-corrected chi connectivity index (χ2v) is 26.4. The van der Waals surface area contributed by atoms with Gasteiger partial charge in [0.25, 0.3) is 0 Å². The van der Waals surface area contributed by atoms with Crippen molar-refractivity contribution in [2.75, 3.05) is 70.9 Å². The zero-order chi connectivity index (χ0) is 62.4. The number of carbonyl (C=O) groups is 3. The highest BCUT2D eigenvalue weighted by Gasteiger charge is 2.32. The molecule has 0 spiro atoms. The number of anilines is 1. The predicted octanol–water partition coefficient (Wildman–Crippen LogP) is 4.80. The molecule has 468 valence electrons. The Kier molecular flexibility index (Phi) is 22.9. The van der Waals surface area contributed by atoms with Crippen LogP contribution in [0.3, 0.4) is 0 Å². The van der Waals surface area contributed by atoms with Crippen molar-refractivity contribution in [2.45, 2.75) is 120 Å². The largest absolute Gasteiger partial charge is 0.744 e.